The van der Waals surface area contributed by atoms with E-state index in [1.54, 1.807) is 11.0 Å². The van der Waals surface area contributed by atoms with Gasteiger partial charge in [0.1, 0.15) is 5.60 Å². The lowest BCUT2D eigenvalue weighted by atomic mass is 9.86. The minimum Gasteiger partial charge on any atom is -0.478 e. The van der Waals surface area contributed by atoms with E-state index in [0.717, 1.165) is 23.1 Å². The smallest absolute Gasteiger partial charge is 0.410 e. The number of fused-ring (bicyclic) bond motifs is 1. The van der Waals surface area contributed by atoms with Gasteiger partial charge in [0.25, 0.3) is 0 Å². The van der Waals surface area contributed by atoms with Crippen LogP contribution in [0.4, 0.5) is 4.79 Å². The number of likely N-dealkylation sites (tertiary alicyclic amines) is 1. The third-order valence-corrected chi connectivity index (χ3v) is 7.35. The third-order valence-electron chi connectivity index (χ3n) is 7.35. The van der Waals surface area contributed by atoms with E-state index < -0.39 is 11.6 Å². The lowest BCUT2D eigenvalue weighted by Crippen LogP contribution is -2.48. The van der Waals surface area contributed by atoms with E-state index in [9.17, 15) is 14.7 Å². The first-order chi connectivity index (χ1) is 19.6. The molecule has 2 heterocycles. The first-order valence-corrected chi connectivity index (χ1v) is 14.0. The molecular formula is C34H36N2O5. The normalized spacial score (nSPS) is 17.4. The number of aromatic carboxylic acids is 1. The summed E-state index contributed by atoms with van der Waals surface area (Å²) in [6.45, 7) is 7.10. The summed E-state index contributed by atoms with van der Waals surface area (Å²) < 4.78 is 12.2. The molecule has 2 atom stereocenters. The van der Waals surface area contributed by atoms with E-state index in [1.807, 2.05) is 32.9 Å². The predicted octanol–water partition coefficient (Wildman–Crippen LogP) is 6.83. The summed E-state index contributed by atoms with van der Waals surface area (Å²) in [6, 6.07) is 26.1. The largest absolute Gasteiger partial charge is 0.478 e. The summed E-state index contributed by atoms with van der Waals surface area (Å²) in [6.07, 6.45) is 2.30. The maximum absolute atomic E-state index is 12.9. The van der Waals surface area contributed by atoms with Crippen molar-refractivity contribution in [3.05, 3.63) is 113 Å². The number of pyridine rings is 1. The molecule has 3 aromatic carbocycles. The molecular weight excluding hydrogens is 516 g/mol. The van der Waals surface area contributed by atoms with Gasteiger partial charge in [0.2, 0.25) is 0 Å². The Labute approximate surface area is 240 Å². The van der Waals surface area contributed by atoms with Crippen molar-refractivity contribution in [2.75, 3.05) is 13.1 Å². The molecule has 7 heteroatoms. The summed E-state index contributed by atoms with van der Waals surface area (Å²) in [5.41, 5.74) is 3.65. The van der Waals surface area contributed by atoms with E-state index >= 15 is 0 Å². The molecule has 1 aromatic heterocycles. The number of carboxylic acids is 1. The number of amides is 1. The van der Waals surface area contributed by atoms with Gasteiger partial charge in [-0.1, -0.05) is 60.7 Å². The summed E-state index contributed by atoms with van der Waals surface area (Å²) in [4.78, 5) is 30.3. The number of aromatic nitrogens is 1. The van der Waals surface area contributed by atoms with E-state index in [-0.39, 0.29) is 23.7 Å². The molecule has 1 amide bonds. The highest BCUT2D eigenvalue weighted by molar-refractivity contribution is 5.87. The summed E-state index contributed by atoms with van der Waals surface area (Å²) >= 11 is 0. The van der Waals surface area contributed by atoms with Crippen LogP contribution in [-0.4, -0.2) is 51.8 Å². The van der Waals surface area contributed by atoms with Crippen molar-refractivity contribution in [1.82, 2.24) is 9.88 Å². The second-order valence-electron chi connectivity index (χ2n) is 11.6. The molecule has 1 aliphatic heterocycles. The Hall–Kier alpha value is -4.23. The van der Waals surface area contributed by atoms with Gasteiger partial charge in [0, 0.05) is 30.8 Å². The monoisotopic (exact) mass is 552 g/mol. The number of nitrogens with zero attached hydrogens (tertiary/aromatic N) is 2. The van der Waals surface area contributed by atoms with Crippen LogP contribution < -0.4 is 0 Å². The Balaban J connectivity index is 1.32. The number of carbonyl (C=O) groups is 2. The zero-order valence-corrected chi connectivity index (χ0v) is 23.7. The molecule has 0 aliphatic carbocycles. The van der Waals surface area contributed by atoms with Gasteiger partial charge in [-0.05, 0) is 72.9 Å². The highest BCUT2D eigenvalue weighted by Crippen LogP contribution is 2.32. The SMILES string of the molecule is CC(C)(C)OC(=O)N1CCC(c2ccc(Cc3cc(C(=O)O)ccn3)cc2)C(OCc2ccc3ccccc3c2)C1. The van der Waals surface area contributed by atoms with Crippen LogP contribution in [0.1, 0.15) is 65.9 Å². The van der Waals surface area contributed by atoms with E-state index in [1.165, 1.54) is 23.0 Å². The van der Waals surface area contributed by atoms with Gasteiger partial charge < -0.3 is 19.5 Å². The minimum atomic E-state index is -0.962. The van der Waals surface area contributed by atoms with Crippen molar-refractivity contribution in [3.63, 3.8) is 0 Å². The number of hydrogen-bond donors (Lipinski definition) is 1. The average Bonchev–Trinajstić information content (AvgIpc) is 2.95. The van der Waals surface area contributed by atoms with Crippen molar-refractivity contribution in [2.45, 2.75) is 57.8 Å². The molecule has 5 rings (SSSR count). The molecule has 0 saturated carbocycles. The number of ether oxygens (including phenoxy) is 2. The molecule has 212 valence electrons. The molecule has 1 N–H and O–H groups in total. The van der Waals surface area contributed by atoms with E-state index in [4.69, 9.17) is 9.47 Å². The van der Waals surface area contributed by atoms with Crippen LogP contribution in [0.25, 0.3) is 10.8 Å². The Bertz CT molecular complexity index is 1530. The topological polar surface area (TPSA) is 89.0 Å². The average molecular weight is 553 g/mol. The molecule has 7 nitrogen and oxygen atoms in total. The maximum Gasteiger partial charge on any atom is 0.410 e. The standard InChI is InChI=1S/C34H36N2O5/c1-34(2,3)41-33(39)36-17-15-30(31(21-36)40-22-24-10-11-25-6-4-5-7-27(25)18-24)26-12-8-23(9-13-26)19-29-20-28(32(37)38)14-16-35-29/h4-14,16,18,20,30-31H,15,17,19,21-22H2,1-3H3,(H,37,38). The summed E-state index contributed by atoms with van der Waals surface area (Å²) in [5, 5.41) is 11.6. The van der Waals surface area contributed by atoms with Crippen LogP contribution >= 0.6 is 0 Å². The van der Waals surface area contributed by atoms with Crippen molar-refractivity contribution >= 4 is 22.8 Å². The van der Waals surface area contributed by atoms with Gasteiger partial charge in [-0.3, -0.25) is 4.98 Å². The lowest BCUT2D eigenvalue weighted by molar-refractivity contribution is -0.0359. The van der Waals surface area contributed by atoms with Crippen molar-refractivity contribution < 1.29 is 24.2 Å². The highest BCUT2D eigenvalue weighted by atomic mass is 16.6. The molecule has 1 saturated heterocycles. The van der Waals surface area contributed by atoms with Crippen molar-refractivity contribution in [2.24, 2.45) is 0 Å². The second kappa shape index (κ2) is 12.1. The van der Waals surface area contributed by atoms with Gasteiger partial charge in [-0.2, -0.15) is 0 Å². The molecule has 1 fully saturated rings. The fourth-order valence-corrected chi connectivity index (χ4v) is 5.29. The zero-order chi connectivity index (χ0) is 29.0. The van der Waals surface area contributed by atoms with Crippen LogP contribution in [0.15, 0.2) is 85.1 Å². The van der Waals surface area contributed by atoms with Crippen LogP contribution in [0, 0.1) is 0 Å². The number of carboxylic acid groups (broad SMARTS) is 1. The van der Waals surface area contributed by atoms with Gasteiger partial charge in [0.05, 0.1) is 24.8 Å². The molecule has 0 bridgehead atoms. The lowest BCUT2D eigenvalue weighted by Gasteiger charge is -2.39. The quantitative estimate of drug-likeness (QED) is 0.270. The molecule has 41 heavy (non-hydrogen) atoms. The number of rotatable bonds is 7. The Morgan fingerprint density at radius 3 is 2.41 bits per heavy atom. The van der Waals surface area contributed by atoms with Crippen LogP contribution in [0.5, 0.6) is 0 Å². The Morgan fingerprint density at radius 2 is 1.68 bits per heavy atom. The first kappa shape index (κ1) is 28.3. The van der Waals surface area contributed by atoms with E-state index in [0.29, 0.717) is 31.8 Å². The van der Waals surface area contributed by atoms with Crippen LogP contribution in [0.2, 0.25) is 0 Å². The van der Waals surface area contributed by atoms with Crippen molar-refractivity contribution in [1.29, 1.82) is 0 Å². The molecule has 0 radical (unpaired) electrons. The number of piperidine rings is 1. The molecule has 1 aliphatic rings. The second-order valence-corrected chi connectivity index (χ2v) is 11.6. The van der Waals surface area contributed by atoms with Gasteiger partial charge in [-0.25, -0.2) is 9.59 Å². The van der Waals surface area contributed by atoms with Gasteiger partial charge in [0.15, 0.2) is 0 Å². The highest BCUT2D eigenvalue weighted by Gasteiger charge is 2.35. The van der Waals surface area contributed by atoms with E-state index in [2.05, 4.69) is 59.6 Å². The Kier molecular flexibility index (Phi) is 8.36. The zero-order valence-electron chi connectivity index (χ0n) is 23.7. The predicted molar refractivity (Wildman–Crippen MR) is 158 cm³/mol. The number of hydrogen-bond acceptors (Lipinski definition) is 5. The fraction of sp³-hybridized carbons (Fsp3) is 0.324. The number of benzene rings is 3. The Morgan fingerprint density at radius 1 is 0.951 bits per heavy atom. The molecule has 4 aromatic rings. The van der Waals surface area contributed by atoms with Gasteiger partial charge >= 0.3 is 12.1 Å². The fourth-order valence-electron chi connectivity index (χ4n) is 5.29. The van der Waals surface area contributed by atoms with Crippen LogP contribution in [0.3, 0.4) is 0 Å². The van der Waals surface area contributed by atoms with Crippen molar-refractivity contribution in [3.8, 4) is 0 Å². The third kappa shape index (κ3) is 7.30. The summed E-state index contributed by atoms with van der Waals surface area (Å²) in [7, 11) is 0. The van der Waals surface area contributed by atoms with Crippen LogP contribution in [-0.2, 0) is 22.5 Å². The maximum atomic E-state index is 12.9. The molecule has 0 spiro atoms. The molecule has 2 unspecified atom stereocenters. The minimum absolute atomic E-state index is 0.108. The first-order valence-electron chi connectivity index (χ1n) is 14.0. The number of carbonyl (C=O) groups excluding carboxylic acids is 1. The van der Waals surface area contributed by atoms with Gasteiger partial charge in [-0.15, -0.1) is 0 Å². The summed E-state index contributed by atoms with van der Waals surface area (Å²) in [5.74, 6) is -0.854.